The van der Waals surface area contributed by atoms with Crippen molar-refractivity contribution >= 4 is 40.1 Å². The van der Waals surface area contributed by atoms with Gasteiger partial charge in [0.05, 0.1) is 18.7 Å². The largest absolute Gasteiger partial charge is 0.496 e. The van der Waals surface area contributed by atoms with Gasteiger partial charge >= 0.3 is 0 Å². The molecule has 1 saturated heterocycles. The normalized spacial score (nSPS) is 17.7. The second-order valence-corrected chi connectivity index (χ2v) is 6.71. The van der Waals surface area contributed by atoms with E-state index in [2.05, 4.69) is 22.6 Å². The fraction of sp³-hybridized carbons (Fsp3) is 0.222. The number of para-hydroxylation sites is 1. The number of anilines is 1. The summed E-state index contributed by atoms with van der Waals surface area (Å²) in [6, 6.07) is 15.0. The highest BCUT2D eigenvalue weighted by molar-refractivity contribution is 14.1. The fourth-order valence-electron chi connectivity index (χ4n) is 2.85. The van der Waals surface area contributed by atoms with Gasteiger partial charge in [0.2, 0.25) is 11.8 Å². The Morgan fingerprint density at radius 1 is 1.13 bits per heavy atom. The summed E-state index contributed by atoms with van der Waals surface area (Å²) in [6.07, 6.45) is 0.748. The summed E-state index contributed by atoms with van der Waals surface area (Å²) < 4.78 is 6.40. The van der Waals surface area contributed by atoms with E-state index in [1.165, 1.54) is 4.90 Å². The highest BCUT2D eigenvalue weighted by atomic mass is 127. The predicted octanol–water partition coefficient (Wildman–Crippen LogP) is 3.42. The third-order valence-electron chi connectivity index (χ3n) is 3.98. The van der Waals surface area contributed by atoms with E-state index in [1.807, 2.05) is 48.5 Å². The van der Waals surface area contributed by atoms with Crippen molar-refractivity contribution in [1.29, 1.82) is 0 Å². The Kier molecular flexibility index (Phi) is 4.66. The molecule has 3 rings (SSSR count). The number of imide groups is 1. The van der Waals surface area contributed by atoms with Gasteiger partial charge in [-0.25, -0.2) is 0 Å². The Balaban J connectivity index is 1.82. The lowest BCUT2D eigenvalue weighted by Gasteiger charge is -2.15. The van der Waals surface area contributed by atoms with E-state index in [-0.39, 0.29) is 24.2 Å². The zero-order chi connectivity index (χ0) is 16.4. The third-order valence-corrected chi connectivity index (χ3v) is 4.70. The minimum absolute atomic E-state index is 0.137. The number of amides is 2. The average Bonchev–Trinajstić information content (AvgIpc) is 2.83. The van der Waals surface area contributed by atoms with Gasteiger partial charge in [-0.15, -0.1) is 0 Å². The van der Waals surface area contributed by atoms with Crippen LogP contribution < -0.4 is 9.64 Å². The van der Waals surface area contributed by atoms with E-state index in [4.69, 9.17) is 4.74 Å². The topological polar surface area (TPSA) is 46.6 Å². The summed E-state index contributed by atoms with van der Waals surface area (Å²) in [5.74, 6) is 0.136. The van der Waals surface area contributed by atoms with Crippen molar-refractivity contribution < 1.29 is 14.3 Å². The molecule has 0 radical (unpaired) electrons. The minimum atomic E-state index is -0.335. The molecule has 0 N–H and O–H groups in total. The number of benzene rings is 2. The number of carbonyl (C=O) groups excluding carboxylic acids is 2. The molecular formula is C18H16INO3. The lowest BCUT2D eigenvalue weighted by molar-refractivity contribution is -0.122. The highest BCUT2D eigenvalue weighted by Gasteiger charge is 2.39. The van der Waals surface area contributed by atoms with Crippen LogP contribution in [0.2, 0.25) is 0 Å². The van der Waals surface area contributed by atoms with E-state index in [0.29, 0.717) is 12.1 Å². The van der Waals surface area contributed by atoms with Crippen LogP contribution in [0.25, 0.3) is 0 Å². The monoisotopic (exact) mass is 421 g/mol. The molecule has 23 heavy (non-hydrogen) atoms. The van der Waals surface area contributed by atoms with Gasteiger partial charge in [0.1, 0.15) is 5.75 Å². The quantitative estimate of drug-likeness (QED) is 0.562. The maximum Gasteiger partial charge on any atom is 0.237 e. The van der Waals surface area contributed by atoms with Crippen molar-refractivity contribution in [3.05, 3.63) is 57.7 Å². The first kappa shape index (κ1) is 16.0. The molecular weight excluding hydrogens is 405 g/mol. The molecule has 1 atom stereocenters. The standard InChI is InChI=1S/C18H16INO3/c1-23-16-5-3-2-4-12(16)10-13-11-17(21)20(18(13)22)15-8-6-14(19)7-9-15/h2-9,13H,10-11H2,1H3. The van der Waals surface area contributed by atoms with Crippen LogP contribution in [0.15, 0.2) is 48.5 Å². The number of nitrogens with zero attached hydrogens (tertiary/aromatic N) is 1. The Morgan fingerprint density at radius 2 is 1.83 bits per heavy atom. The van der Waals surface area contributed by atoms with Crippen molar-refractivity contribution in [3.63, 3.8) is 0 Å². The second kappa shape index (κ2) is 6.70. The summed E-state index contributed by atoms with van der Waals surface area (Å²) in [5.41, 5.74) is 1.59. The SMILES string of the molecule is COc1ccccc1CC1CC(=O)N(c2ccc(I)cc2)C1=O. The smallest absolute Gasteiger partial charge is 0.237 e. The molecule has 118 valence electrons. The van der Waals surface area contributed by atoms with Crippen molar-refractivity contribution in [2.45, 2.75) is 12.8 Å². The van der Waals surface area contributed by atoms with Gasteiger partial charge in [0.15, 0.2) is 0 Å². The van der Waals surface area contributed by atoms with E-state index >= 15 is 0 Å². The predicted molar refractivity (Wildman–Crippen MR) is 96.5 cm³/mol. The molecule has 0 aromatic heterocycles. The number of methoxy groups -OCH3 is 1. The molecule has 0 spiro atoms. The molecule has 0 bridgehead atoms. The molecule has 1 heterocycles. The van der Waals surface area contributed by atoms with E-state index in [1.54, 1.807) is 7.11 Å². The maximum atomic E-state index is 12.7. The molecule has 2 amide bonds. The molecule has 1 aliphatic heterocycles. The van der Waals surface area contributed by atoms with Gasteiger partial charge in [-0.2, -0.15) is 0 Å². The Morgan fingerprint density at radius 3 is 2.52 bits per heavy atom. The van der Waals surface area contributed by atoms with Gasteiger partial charge in [-0.05, 0) is 64.9 Å². The van der Waals surface area contributed by atoms with E-state index in [0.717, 1.165) is 14.9 Å². The Labute approximate surface area is 148 Å². The highest BCUT2D eigenvalue weighted by Crippen LogP contribution is 2.31. The van der Waals surface area contributed by atoms with E-state index in [9.17, 15) is 9.59 Å². The van der Waals surface area contributed by atoms with Crippen LogP contribution >= 0.6 is 22.6 Å². The molecule has 0 saturated carbocycles. The van der Waals surface area contributed by atoms with Gasteiger partial charge in [-0.1, -0.05) is 18.2 Å². The van der Waals surface area contributed by atoms with Crippen LogP contribution in [0, 0.1) is 9.49 Å². The molecule has 4 nitrogen and oxygen atoms in total. The number of halogens is 1. The first-order valence-corrected chi connectivity index (χ1v) is 8.42. The summed E-state index contributed by atoms with van der Waals surface area (Å²) >= 11 is 2.19. The number of ether oxygens (including phenoxy) is 1. The molecule has 0 aliphatic carbocycles. The summed E-state index contributed by atoms with van der Waals surface area (Å²) in [4.78, 5) is 26.3. The first-order chi connectivity index (χ1) is 11.1. The van der Waals surface area contributed by atoms with Gasteiger partial charge in [0.25, 0.3) is 0 Å². The molecule has 1 aliphatic rings. The van der Waals surface area contributed by atoms with E-state index < -0.39 is 0 Å². The van der Waals surface area contributed by atoms with Crippen molar-refractivity contribution in [2.24, 2.45) is 5.92 Å². The van der Waals surface area contributed by atoms with Crippen molar-refractivity contribution in [1.82, 2.24) is 0 Å². The number of carbonyl (C=O) groups is 2. The minimum Gasteiger partial charge on any atom is -0.496 e. The molecule has 1 unspecified atom stereocenters. The number of hydrogen-bond donors (Lipinski definition) is 0. The van der Waals surface area contributed by atoms with Crippen LogP contribution in [0.5, 0.6) is 5.75 Å². The maximum absolute atomic E-state index is 12.7. The van der Waals surface area contributed by atoms with Crippen molar-refractivity contribution in [2.75, 3.05) is 12.0 Å². The second-order valence-electron chi connectivity index (χ2n) is 5.46. The fourth-order valence-corrected chi connectivity index (χ4v) is 3.21. The Hall–Kier alpha value is -1.89. The lowest BCUT2D eigenvalue weighted by Crippen LogP contribution is -2.30. The van der Waals surface area contributed by atoms with Crippen LogP contribution in [0.3, 0.4) is 0 Å². The Bertz CT molecular complexity index is 742. The van der Waals surface area contributed by atoms with Crippen LogP contribution in [0.1, 0.15) is 12.0 Å². The summed E-state index contributed by atoms with van der Waals surface area (Å²) in [7, 11) is 1.61. The molecule has 2 aromatic carbocycles. The van der Waals surface area contributed by atoms with Crippen LogP contribution in [-0.4, -0.2) is 18.9 Å². The van der Waals surface area contributed by atoms with Gasteiger partial charge in [-0.3, -0.25) is 14.5 Å². The molecule has 2 aromatic rings. The summed E-state index contributed by atoms with van der Waals surface area (Å²) in [6.45, 7) is 0. The molecule has 5 heteroatoms. The third kappa shape index (κ3) is 3.24. The summed E-state index contributed by atoms with van der Waals surface area (Å²) in [5, 5.41) is 0. The zero-order valence-electron chi connectivity index (χ0n) is 12.7. The zero-order valence-corrected chi connectivity index (χ0v) is 14.8. The van der Waals surface area contributed by atoms with Crippen molar-refractivity contribution in [3.8, 4) is 5.75 Å². The van der Waals surface area contributed by atoms with Gasteiger partial charge < -0.3 is 4.74 Å². The number of rotatable bonds is 4. The molecule has 1 fully saturated rings. The lowest BCUT2D eigenvalue weighted by atomic mass is 9.97. The average molecular weight is 421 g/mol. The number of hydrogen-bond acceptors (Lipinski definition) is 3. The first-order valence-electron chi connectivity index (χ1n) is 7.34. The van der Waals surface area contributed by atoms with Crippen LogP contribution in [0.4, 0.5) is 5.69 Å². The van der Waals surface area contributed by atoms with Gasteiger partial charge in [0, 0.05) is 9.99 Å². The van der Waals surface area contributed by atoms with Crippen LogP contribution in [-0.2, 0) is 16.0 Å².